The quantitative estimate of drug-likeness (QED) is 0.571. The molecule has 0 saturated carbocycles. The van der Waals surface area contributed by atoms with E-state index in [1.54, 1.807) is 0 Å². The van der Waals surface area contributed by atoms with E-state index in [2.05, 4.69) is 15.5 Å². The predicted octanol–water partition coefficient (Wildman–Crippen LogP) is 2.16. The van der Waals surface area contributed by atoms with Crippen molar-refractivity contribution in [2.45, 2.75) is 6.42 Å². The fraction of sp³-hybridized carbons (Fsp3) is 0.133. The fourth-order valence-electron chi connectivity index (χ4n) is 2.28. The highest BCUT2D eigenvalue weighted by Crippen LogP contribution is 2.25. The molecule has 0 unspecified atom stereocenters. The largest absolute Gasteiger partial charge is 0.379 e. The molecular weight excluding hydrogens is 296 g/mol. The molecule has 1 aromatic carbocycles. The molecule has 0 amide bonds. The van der Waals surface area contributed by atoms with Crippen molar-refractivity contribution in [3.63, 3.8) is 0 Å². The second-order valence-corrected chi connectivity index (χ2v) is 4.82. The van der Waals surface area contributed by atoms with Gasteiger partial charge in [-0.3, -0.25) is 14.5 Å². The third kappa shape index (κ3) is 2.94. The monoisotopic (exact) mass is 308 g/mol. The highest BCUT2D eigenvalue weighted by molar-refractivity contribution is 5.64. The average Bonchev–Trinajstić information content (AvgIpc) is 2.98. The Morgan fingerprint density at radius 2 is 2.17 bits per heavy atom. The summed E-state index contributed by atoms with van der Waals surface area (Å²) in [6.07, 6.45) is 2.41. The molecule has 0 aliphatic heterocycles. The molecule has 3 aromatic rings. The molecule has 0 atom stereocenters. The van der Waals surface area contributed by atoms with Gasteiger partial charge in [0, 0.05) is 25.2 Å². The molecule has 8 heteroatoms. The van der Waals surface area contributed by atoms with Gasteiger partial charge < -0.3 is 5.32 Å². The standard InChI is InChI=1S/C15H12N6O2/c16-10-11-4-5-13(21(22)23)12(9-11)17-7-6-15-19-18-14-3-1-2-8-20(14)15/h1-5,8-9,17H,6-7H2. The molecule has 3 rings (SSSR count). The van der Waals surface area contributed by atoms with Gasteiger partial charge in [0.05, 0.1) is 16.6 Å². The molecule has 0 fully saturated rings. The Bertz CT molecular complexity index is 912. The van der Waals surface area contributed by atoms with Gasteiger partial charge in [-0.2, -0.15) is 5.26 Å². The number of aromatic nitrogens is 3. The fourth-order valence-corrected chi connectivity index (χ4v) is 2.28. The van der Waals surface area contributed by atoms with E-state index in [0.29, 0.717) is 24.2 Å². The first-order chi connectivity index (χ1) is 11.2. The van der Waals surface area contributed by atoms with Crippen LogP contribution in [0.2, 0.25) is 0 Å². The van der Waals surface area contributed by atoms with Crippen LogP contribution in [0.1, 0.15) is 11.4 Å². The van der Waals surface area contributed by atoms with E-state index < -0.39 is 4.92 Å². The van der Waals surface area contributed by atoms with Gasteiger partial charge in [-0.1, -0.05) is 6.07 Å². The second-order valence-electron chi connectivity index (χ2n) is 4.82. The topological polar surface area (TPSA) is 109 Å². The SMILES string of the molecule is N#Cc1ccc([N+](=O)[O-])c(NCCc2nnc3ccccn23)c1. The predicted molar refractivity (Wildman–Crippen MR) is 83.0 cm³/mol. The Morgan fingerprint density at radius 3 is 2.96 bits per heavy atom. The minimum absolute atomic E-state index is 0.0601. The summed E-state index contributed by atoms with van der Waals surface area (Å²) in [6.45, 7) is 0.436. The number of nitrogens with one attached hydrogen (secondary N) is 1. The molecule has 114 valence electrons. The van der Waals surface area contributed by atoms with Crippen LogP contribution in [0, 0.1) is 21.4 Å². The molecule has 1 N–H and O–H groups in total. The van der Waals surface area contributed by atoms with Crippen LogP contribution in [0.5, 0.6) is 0 Å². The molecule has 0 aliphatic rings. The Balaban J connectivity index is 1.76. The summed E-state index contributed by atoms with van der Waals surface area (Å²) in [5.41, 5.74) is 1.38. The normalized spacial score (nSPS) is 10.4. The van der Waals surface area contributed by atoms with E-state index in [0.717, 1.165) is 11.5 Å². The number of benzene rings is 1. The van der Waals surface area contributed by atoms with E-state index in [4.69, 9.17) is 5.26 Å². The van der Waals surface area contributed by atoms with Gasteiger partial charge in [-0.05, 0) is 24.3 Å². The second kappa shape index (κ2) is 6.11. The molecule has 0 aliphatic carbocycles. The molecular formula is C15H12N6O2. The van der Waals surface area contributed by atoms with Crippen LogP contribution < -0.4 is 5.32 Å². The molecule has 2 heterocycles. The first-order valence-corrected chi connectivity index (χ1v) is 6.90. The number of fused-ring (bicyclic) bond motifs is 1. The zero-order chi connectivity index (χ0) is 16.2. The van der Waals surface area contributed by atoms with Crippen molar-refractivity contribution in [2.24, 2.45) is 0 Å². The molecule has 23 heavy (non-hydrogen) atoms. The van der Waals surface area contributed by atoms with E-state index in [9.17, 15) is 10.1 Å². The van der Waals surface area contributed by atoms with E-state index >= 15 is 0 Å². The Hall–Kier alpha value is -3.47. The third-order valence-corrected chi connectivity index (χ3v) is 3.37. The maximum atomic E-state index is 11.0. The van der Waals surface area contributed by atoms with Gasteiger partial charge in [0.25, 0.3) is 5.69 Å². The summed E-state index contributed by atoms with van der Waals surface area (Å²) in [4.78, 5) is 10.6. The summed E-state index contributed by atoms with van der Waals surface area (Å²) in [5.74, 6) is 0.757. The van der Waals surface area contributed by atoms with Crippen molar-refractivity contribution < 1.29 is 4.92 Å². The van der Waals surface area contributed by atoms with Gasteiger partial charge in [-0.15, -0.1) is 10.2 Å². The first kappa shape index (κ1) is 14.5. The Kier molecular flexibility index (Phi) is 3.84. The maximum Gasteiger partial charge on any atom is 0.292 e. The third-order valence-electron chi connectivity index (χ3n) is 3.37. The molecule has 0 spiro atoms. The number of pyridine rings is 1. The summed E-state index contributed by atoms with van der Waals surface area (Å²) in [7, 11) is 0. The van der Waals surface area contributed by atoms with E-state index in [1.807, 2.05) is 34.9 Å². The smallest absolute Gasteiger partial charge is 0.292 e. The van der Waals surface area contributed by atoms with Crippen LogP contribution in [0.3, 0.4) is 0 Å². The van der Waals surface area contributed by atoms with Gasteiger partial charge in [0.2, 0.25) is 0 Å². The van der Waals surface area contributed by atoms with Crippen LogP contribution >= 0.6 is 0 Å². The lowest BCUT2D eigenvalue weighted by Crippen LogP contribution is -2.09. The van der Waals surface area contributed by atoms with Crippen molar-refractivity contribution >= 4 is 17.0 Å². The number of anilines is 1. The van der Waals surface area contributed by atoms with Crippen molar-refractivity contribution in [1.82, 2.24) is 14.6 Å². The van der Waals surface area contributed by atoms with Crippen LogP contribution in [0.4, 0.5) is 11.4 Å². The molecule has 2 aromatic heterocycles. The highest BCUT2D eigenvalue weighted by Gasteiger charge is 2.14. The molecule has 0 radical (unpaired) electrons. The van der Waals surface area contributed by atoms with Gasteiger partial charge in [-0.25, -0.2) is 0 Å². The highest BCUT2D eigenvalue weighted by atomic mass is 16.6. The number of rotatable bonds is 5. The lowest BCUT2D eigenvalue weighted by atomic mass is 10.2. The number of hydrogen-bond donors (Lipinski definition) is 1. The van der Waals surface area contributed by atoms with Crippen molar-refractivity contribution in [1.29, 1.82) is 5.26 Å². The van der Waals surface area contributed by atoms with E-state index in [-0.39, 0.29) is 5.69 Å². The van der Waals surface area contributed by atoms with Gasteiger partial charge in [0.1, 0.15) is 11.5 Å². The first-order valence-electron chi connectivity index (χ1n) is 6.90. The van der Waals surface area contributed by atoms with E-state index in [1.165, 1.54) is 18.2 Å². The van der Waals surface area contributed by atoms with Gasteiger partial charge >= 0.3 is 0 Å². The van der Waals surface area contributed by atoms with Crippen molar-refractivity contribution in [3.8, 4) is 6.07 Å². The lowest BCUT2D eigenvalue weighted by Gasteiger charge is -2.07. The van der Waals surface area contributed by atoms with Crippen LogP contribution in [-0.4, -0.2) is 26.1 Å². The number of nitriles is 1. The summed E-state index contributed by atoms with van der Waals surface area (Å²) < 4.78 is 1.86. The Labute approximate surface area is 131 Å². The molecule has 8 nitrogen and oxygen atoms in total. The number of nitro groups is 1. The van der Waals surface area contributed by atoms with Crippen molar-refractivity contribution in [2.75, 3.05) is 11.9 Å². The van der Waals surface area contributed by atoms with Crippen LogP contribution in [-0.2, 0) is 6.42 Å². The molecule has 0 saturated heterocycles. The average molecular weight is 308 g/mol. The minimum Gasteiger partial charge on any atom is -0.379 e. The number of hydrogen-bond acceptors (Lipinski definition) is 6. The van der Waals surface area contributed by atoms with Crippen LogP contribution in [0.25, 0.3) is 5.65 Å². The zero-order valence-corrected chi connectivity index (χ0v) is 12.0. The summed E-state index contributed by atoms with van der Waals surface area (Å²) in [5, 5.41) is 31.1. The maximum absolute atomic E-state index is 11.0. The summed E-state index contributed by atoms with van der Waals surface area (Å²) >= 11 is 0. The Morgan fingerprint density at radius 1 is 1.30 bits per heavy atom. The van der Waals surface area contributed by atoms with Crippen LogP contribution in [0.15, 0.2) is 42.6 Å². The lowest BCUT2D eigenvalue weighted by molar-refractivity contribution is -0.384. The number of nitro benzene ring substituents is 1. The van der Waals surface area contributed by atoms with Crippen molar-refractivity contribution in [3.05, 3.63) is 64.1 Å². The molecule has 0 bridgehead atoms. The minimum atomic E-state index is -0.476. The number of nitrogens with zero attached hydrogens (tertiary/aromatic N) is 5. The summed E-state index contributed by atoms with van der Waals surface area (Å²) in [6, 6.07) is 11.8. The zero-order valence-electron chi connectivity index (χ0n) is 12.0. The van der Waals surface area contributed by atoms with Gasteiger partial charge in [0.15, 0.2) is 5.65 Å².